The minimum absolute atomic E-state index is 0.0193. The van der Waals surface area contributed by atoms with E-state index in [2.05, 4.69) is 38.4 Å². The van der Waals surface area contributed by atoms with Crippen molar-refractivity contribution in [3.63, 3.8) is 0 Å². The number of fused-ring (bicyclic) bond motifs is 1. The minimum Gasteiger partial charge on any atom is -0.425 e. The summed E-state index contributed by atoms with van der Waals surface area (Å²) < 4.78 is 6.88. The van der Waals surface area contributed by atoms with Crippen molar-refractivity contribution < 1.29 is 9.21 Å². The maximum atomic E-state index is 12.4. The number of aromatic nitrogens is 3. The molecule has 1 amide bonds. The number of anilines is 1. The number of carbonyl (C=O) groups excluding carboxylic acids is 1. The Hall–Kier alpha value is -2.32. The van der Waals surface area contributed by atoms with Crippen LogP contribution in [0.2, 0.25) is 0 Å². The van der Waals surface area contributed by atoms with E-state index >= 15 is 0 Å². The van der Waals surface area contributed by atoms with Crippen molar-refractivity contribution >= 4 is 32.6 Å². The Morgan fingerprint density at radius 3 is 2.82 bits per heavy atom. The van der Waals surface area contributed by atoms with Crippen LogP contribution in [0.1, 0.15) is 55.9 Å². The summed E-state index contributed by atoms with van der Waals surface area (Å²) in [6, 6.07) is 6.12. The molecule has 8 heteroatoms. The number of benzene rings is 1. The molecule has 7 nitrogen and oxygen atoms in total. The molecule has 148 valence electrons. The second kappa shape index (κ2) is 7.97. The Morgan fingerprint density at radius 1 is 1.32 bits per heavy atom. The fourth-order valence-corrected chi connectivity index (χ4v) is 4.41. The van der Waals surface area contributed by atoms with Gasteiger partial charge in [0.05, 0.1) is 16.8 Å². The topological polar surface area (TPSA) is 84.2 Å². The molecular weight excluding hydrogens is 374 g/mol. The van der Waals surface area contributed by atoms with E-state index < -0.39 is 0 Å². The van der Waals surface area contributed by atoms with Gasteiger partial charge in [-0.25, -0.2) is 4.98 Å². The third-order valence-corrected chi connectivity index (χ3v) is 5.98. The molecule has 3 heterocycles. The maximum absolute atomic E-state index is 12.4. The molecule has 28 heavy (non-hydrogen) atoms. The Balaban J connectivity index is 1.29. The zero-order valence-corrected chi connectivity index (χ0v) is 17.3. The molecule has 0 bridgehead atoms. The van der Waals surface area contributed by atoms with Gasteiger partial charge in [0.15, 0.2) is 5.13 Å². The number of aryl methyl sites for hydroxylation is 1. The zero-order chi connectivity index (χ0) is 19.7. The molecule has 1 aliphatic rings. The van der Waals surface area contributed by atoms with Crippen molar-refractivity contribution in [2.24, 2.45) is 0 Å². The summed E-state index contributed by atoms with van der Waals surface area (Å²) in [6.45, 7) is 8.21. The van der Waals surface area contributed by atoms with Crippen LogP contribution in [0.15, 0.2) is 22.6 Å². The second-order valence-electron chi connectivity index (χ2n) is 7.72. The number of hydrogen-bond acceptors (Lipinski definition) is 7. The van der Waals surface area contributed by atoms with Gasteiger partial charge in [0.2, 0.25) is 17.7 Å². The SMILES string of the molecule is Cc1ccc2nc(NC(=O)CN3CCC(c4nnc(C(C)C)o4)CC3)sc2c1. The quantitative estimate of drug-likeness (QED) is 0.700. The number of likely N-dealkylation sites (tertiary alicyclic amines) is 1. The van der Waals surface area contributed by atoms with E-state index in [0.717, 1.165) is 42.0 Å². The van der Waals surface area contributed by atoms with Gasteiger partial charge in [-0.3, -0.25) is 9.69 Å². The number of carbonyl (C=O) groups is 1. The van der Waals surface area contributed by atoms with Crippen molar-refractivity contribution in [3.05, 3.63) is 35.5 Å². The highest BCUT2D eigenvalue weighted by Gasteiger charge is 2.26. The minimum atomic E-state index is -0.0193. The Morgan fingerprint density at radius 2 is 2.11 bits per heavy atom. The highest BCUT2D eigenvalue weighted by Crippen LogP contribution is 2.29. The smallest absolute Gasteiger partial charge is 0.240 e. The van der Waals surface area contributed by atoms with E-state index in [0.29, 0.717) is 17.6 Å². The number of thiazole rings is 1. The molecule has 0 atom stereocenters. The lowest BCUT2D eigenvalue weighted by atomic mass is 9.97. The van der Waals surface area contributed by atoms with Crippen molar-refractivity contribution in [2.75, 3.05) is 25.0 Å². The highest BCUT2D eigenvalue weighted by molar-refractivity contribution is 7.22. The number of nitrogens with zero attached hydrogens (tertiary/aromatic N) is 4. The summed E-state index contributed by atoms with van der Waals surface area (Å²) in [4.78, 5) is 19.1. The van der Waals surface area contributed by atoms with Gasteiger partial charge >= 0.3 is 0 Å². The molecule has 0 spiro atoms. The predicted octanol–water partition coefficient (Wildman–Crippen LogP) is 3.93. The molecule has 4 rings (SSSR count). The van der Waals surface area contributed by atoms with Crippen LogP contribution in [-0.4, -0.2) is 45.6 Å². The van der Waals surface area contributed by atoms with Crippen LogP contribution in [0, 0.1) is 6.92 Å². The molecule has 1 saturated heterocycles. The third-order valence-electron chi connectivity index (χ3n) is 5.04. The summed E-state index contributed by atoms with van der Waals surface area (Å²) >= 11 is 1.51. The first-order chi connectivity index (χ1) is 13.5. The van der Waals surface area contributed by atoms with Gasteiger partial charge < -0.3 is 9.73 Å². The van der Waals surface area contributed by atoms with Gasteiger partial charge in [0.25, 0.3) is 0 Å². The van der Waals surface area contributed by atoms with E-state index in [1.165, 1.54) is 16.9 Å². The average molecular weight is 400 g/mol. The number of rotatable bonds is 5. The van der Waals surface area contributed by atoms with Gasteiger partial charge in [-0.1, -0.05) is 31.3 Å². The normalized spacial score (nSPS) is 16.1. The maximum Gasteiger partial charge on any atom is 0.240 e. The highest BCUT2D eigenvalue weighted by atomic mass is 32.1. The van der Waals surface area contributed by atoms with Gasteiger partial charge in [-0.2, -0.15) is 0 Å². The van der Waals surface area contributed by atoms with Crippen LogP contribution in [0.25, 0.3) is 10.2 Å². The van der Waals surface area contributed by atoms with Crippen molar-refractivity contribution in [3.8, 4) is 0 Å². The first kappa shape index (κ1) is 19.0. The van der Waals surface area contributed by atoms with Crippen molar-refractivity contribution in [2.45, 2.75) is 45.4 Å². The molecule has 3 aromatic rings. The molecule has 2 aromatic heterocycles. The Kier molecular flexibility index (Phi) is 5.41. The van der Waals surface area contributed by atoms with Crippen molar-refractivity contribution in [1.29, 1.82) is 0 Å². The summed E-state index contributed by atoms with van der Waals surface area (Å²) in [7, 11) is 0. The Bertz CT molecular complexity index is 972. The summed E-state index contributed by atoms with van der Waals surface area (Å²) in [5.41, 5.74) is 2.12. The van der Waals surface area contributed by atoms with Crippen LogP contribution in [-0.2, 0) is 4.79 Å². The molecular formula is C20H25N5O2S. The molecule has 0 saturated carbocycles. The number of hydrogen-bond donors (Lipinski definition) is 1. The molecule has 1 aromatic carbocycles. The van der Waals surface area contributed by atoms with E-state index in [1.807, 2.05) is 26.0 Å². The molecule has 0 radical (unpaired) electrons. The number of amides is 1. The van der Waals surface area contributed by atoms with E-state index in [1.54, 1.807) is 0 Å². The van der Waals surface area contributed by atoms with Gasteiger partial charge in [-0.15, -0.1) is 10.2 Å². The van der Waals surface area contributed by atoms with Crippen LogP contribution in [0.5, 0.6) is 0 Å². The van der Waals surface area contributed by atoms with Gasteiger partial charge in [0.1, 0.15) is 0 Å². The zero-order valence-electron chi connectivity index (χ0n) is 16.4. The summed E-state index contributed by atoms with van der Waals surface area (Å²) in [5.74, 6) is 1.94. The average Bonchev–Trinajstić information content (AvgIpc) is 3.28. The van der Waals surface area contributed by atoms with Crippen LogP contribution in [0.3, 0.4) is 0 Å². The van der Waals surface area contributed by atoms with Crippen molar-refractivity contribution in [1.82, 2.24) is 20.1 Å². The lowest BCUT2D eigenvalue weighted by Gasteiger charge is -2.29. The van der Waals surface area contributed by atoms with E-state index in [-0.39, 0.29) is 17.7 Å². The van der Waals surface area contributed by atoms with Crippen LogP contribution >= 0.6 is 11.3 Å². The van der Waals surface area contributed by atoms with Gasteiger partial charge in [-0.05, 0) is 50.6 Å². The van der Waals surface area contributed by atoms with E-state index in [4.69, 9.17) is 4.42 Å². The first-order valence-electron chi connectivity index (χ1n) is 9.70. The molecule has 1 fully saturated rings. The number of piperidine rings is 1. The third kappa shape index (κ3) is 4.23. The first-order valence-corrected chi connectivity index (χ1v) is 10.5. The Labute approximate surface area is 168 Å². The standard InChI is InChI=1S/C20H25N5O2S/c1-12(2)18-23-24-19(27-18)14-6-8-25(9-7-14)11-17(26)22-20-21-15-5-4-13(3)10-16(15)28-20/h4-5,10,12,14H,6-9,11H2,1-3H3,(H,21,22,26). The molecule has 0 aliphatic carbocycles. The summed E-state index contributed by atoms with van der Waals surface area (Å²) in [5, 5.41) is 11.9. The van der Waals surface area contributed by atoms with Gasteiger partial charge in [0, 0.05) is 11.8 Å². The van der Waals surface area contributed by atoms with Crippen LogP contribution < -0.4 is 5.32 Å². The predicted molar refractivity (Wildman–Crippen MR) is 110 cm³/mol. The summed E-state index contributed by atoms with van der Waals surface area (Å²) in [6.07, 6.45) is 1.85. The molecule has 1 aliphatic heterocycles. The van der Waals surface area contributed by atoms with E-state index in [9.17, 15) is 4.79 Å². The van der Waals surface area contributed by atoms with Crippen LogP contribution in [0.4, 0.5) is 5.13 Å². The number of nitrogens with one attached hydrogen (secondary N) is 1. The molecule has 1 N–H and O–H groups in total. The lowest BCUT2D eigenvalue weighted by molar-refractivity contribution is -0.117. The largest absolute Gasteiger partial charge is 0.425 e. The lowest BCUT2D eigenvalue weighted by Crippen LogP contribution is -2.38. The molecule has 0 unspecified atom stereocenters. The monoisotopic (exact) mass is 399 g/mol. The second-order valence-corrected chi connectivity index (χ2v) is 8.75. The fraction of sp³-hybridized carbons (Fsp3) is 0.500. The fourth-order valence-electron chi connectivity index (χ4n) is 3.43.